The maximum absolute atomic E-state index is 12.8. The molecule has 1 aliphatic heterocycles. The van der Waals surface area contributed by atoms with Crippen molar-refractivity contribution in [3.05, 3.63) is 114 Å². The lowest BCUT2D eigenvalue weighted by Gasteiger charge is -2.04. The molecule has 0 spiro atoms. The van der Waals surface area contributed by atoms with Crippen LogP contribution in [0.25, 0.3) is 20.9 Å². The minimum absolute atomic E-state index is 0.0599. The van der Waals surface area contributed by atoms with Crippen LogP contribution in [-0.4, -0.2) is 23.6 Å². The minimum atomic E-state index is -0.625. The predicted molar refractivity (Wildman–Crippen MR) is 145 cm³/mol. The van der Waals surface area contributed by atoms with E-state index in [-0.39, 0.29) is 85.4 Å². The van der Waals surface area contributed by atoms with Crippen LogP contribution in [0.1, 0.15) is 76.4 Å². The van der Waals surface area contributed by atoms with Crippen molar-refractivity contribution in [1.29, 1.82) is 0 Å². The van der Waals surface area contributed by atoms with Gasteiger partial charge in [-0.25, -0.2) is 0 Å². The summed E-state index contributed by atoms with van der Waals surface area (Å²) in [4.78, 5) is 56.5. The molecule has 4 amide bonds. The average Bonchev–Trinajstić information content (AvgIpc) is 3.84. The Kier molecular flexibility index (Phi) is 8.65. The summed E-state index contributed by atoms with van der Waals surface area (Å²) < 4.78 is 22.4. The summed E-state index contributed by atoms with van der Waals surface area (Å²) in [6.45, 7) is -0.792. The molecule has 0 aliphatic carbocycles. The first-order valence-corrected chi connectivity index (χ1v) is 12.9. The zero-order valence-electron chi connectivity index (χ0n) is 22.7. The maximum Gasteiger partial charge on any atom is 0.287 e. The summed E-state index contributed by atoms with van der Waals surface area (Å²) in [6.07, 6.45) is 0. The van der Waals surface area contributed by atoms with Crippen LogP contribution in [0.5, 0.6) is 0 Å². The second kappa shape index (κ2) is 13.1. The van der Waals surface area contributed by atoms with Crippen molar-refractivity contribution < 1.29 is 36.8 Å². The van der Waals surface area contributed by atoms with Gasteiger partial charge in [-0.1, -0.05) is 10.2 Å². The van der Waals surface area contributed by atoms with E-state index < -0.39 is 23.6 Å². The number of hydrogen-bond acceptors (Lipinski definition) is 10. The number of nitrogens with one attached hydrogen (secondary N) is 4. The Morgan fingerprint density at radius 2 is 0.955 bits per heavy atom. The van der Waals surface area contributed by atoms with Gasteiger partial charge in [-0.05, 0) is 47.5 Å². The van der Waals surface area contributed by atoms with E-state index in [4.69, 9.17) is 28.7 Å². The number of fused-ring (bicyclic) bond motifs is 8. The summed E-state index contributed by atoms with van der Waals surface area (Å²) in [5.74, 6) is -1.94. The van der Waals surface area contributed by atoms with E-state index >= 15 is 0 Å². The fourth-order valence-electron chi connectivity index (χ4n) is 4.13. The number of nitrogens with zero attached hydrogens (tertiary/aromatic N) is 6. The van der Waals surface area contributed by atoms with Crippen molar-refractivity contribution in [1.82, 2.24) is 21.3 Å². The van der Waals surface area contributed by atoms with Gasteiger partial charge in [0.05, 0.1) is 39.3 Å². The van der Waals surface area contributed by atoms with Crippen molar-refractivity contribution in [3.63, 3.8) is 0 Å². The third kappa shape index (κ3) is 6.73. The van der Waals surface area contributed by atoms with Gasteiger partial charge in [0.1, 0.15) is 23.0 Å². The van der Waals surface area contributed by atoms with Crippen LogP contribution in [0.15, 0.2) is 64.3 Å². The molecule has 0 fully saturated rings. The Balaban J connectivity index is 1.41. The van der Waals surface area contributed by atoms with E-state index in [2.05, 4.69) is 41.3 Å². The Morgan fingerprint density at radius 3 is 1.36 bits per heavy atom. The summed E-state index contributed by atoms with van der Waals surface area (Å²) in [5, 5.41) is 17.4. The van der Waals surface area contributed by atoms with Crippen molar-refractivity contribution in [2.24, 2.45) is 10.2 Å². The summed E-state index contributed by atoms with van der Waals surface area (Å²) in [7, 11) is 0. The molecule has 4 N–H and O–H groups in total. The molecule has 5 heterocycles. The molecule has 5 rings (SSSR count). The molecule has 44 heavy (non-hydrogen) atoms. The van der Waals surface area contributed by atoms with Gasteiger partial charge < -0.3 is 38.9 Å². The lowest BCUT2D eigenvalue weighted by atomic mass is 10.2. The van der Waals surface area contributed by atoms with Crippen LogP contribution < -0.4 is 21.3 Å². The van der Waals surface area contributed by atoms with Gasteiger partial charge in [0.25, 0.3) is 23.6 Å². The zero-order chi connectivity index (χ0) is 31.1. The predicted octanol–water partition coefficient (Wildman–Crippen LogP) is 3.71. The average molecular weight is 603 g/mol. The third-order valence-electron chi connectivity index (χ3n) is 6.29. The van der Waals surface area contributed by atoms with Gasteiger partial charge in [0.2, 0.25) is 0 Å². The molecule has 8 bridgehead atoms. The normalized spacial score (nSPS) is 14.2. The molecule has 4 aromatic heterocycles. The molecule has 0 unspecified atom stereocenters. The number of hydrogen-bond donors (Lipinski definition) is 4. The SMILES string of the molecule is [N-]=[N+]=NCc1cc2oc1CNC(=O)c1ccc(o1)CNC(=O)c1cc(CN=[N+]=[N-])c(o1)CNC(=O)c1ccc(o1)CNC2=O. The first-order chi connectivity index (χ1) is 21.3. The highest BCUT2D eigenvalue weighted by molar-refractivity contribution is 5.93. The van der Waals surface area contributed by atoms with Gasteiger partial charge >= 0.3 is 0 Å². The standard InChI is InChI=1S/C26H22N10O8/c27-35-33-7-13-5-19-25(39)29-9-15-1-3-17(41-15)23(37)31-11-21-14(8-34-36-28)6-20(44-21)26(40)30-10-16-2-4-18(42-16)24(38)32-12-22(13)43-19/h1-6H,7-12H2,(H,29,39)(H,30,40)(H,31,37)(H,32,38). The molecule has 0 aromatic carbocycles. The number of carbonyl (C=O) groups is 4. The highest BCUT2D eigenvalue weighted by Gasteiger charge is 2.21. The summed E-state index contributed by atoms with van der Waals surface area (Å²) in [5.41, 5.74) is 18.2. The maximum atomic E-state index is 12.8. The molecule has 0 radical (unpaired) electrons. The van der Waals surface area contributed by atoms with E-state index in [9.17, 15) is 19.2 Å². The molecule has 0 atom stereocenters. The second-order valence-electron chi connectivity index (χ2n) is 9.16. The molecule has 18 heteroatoms. The van der Waals surface area contributed by atoms with Crippen molar-refractivity contribution in [2.45, 2.75) is 39.3 Å². The highest BCUT2D eigenvalue weighted by atomic mass is 16.4. The Morgan fingerprint density at radius 1 is 0.568 bits per heavy atom. The monoisotopic (exact) mass is 602 g/mol. The van der Waals surface area contributed by atoms with Gasteiger partial charge in [0, 0.05) is 21.0 Å². The molecular formula is C26H22N10O8. The minimum Gasteiger partial charge on any atom is -0.454 e. The van der Waals surface area contributed by atoms with Crippen LogP contribution in [-0.2, 0) is 39.3 Å². The van der Waals surface area contributed by atoms with Gasteiger partial charge in [-0.2, -0.15) is 0 Å². The number of furan rings is 4. The Hall–Kier alpha value is -6.38. The molecular weight excluding hydrogens is 580 g/mol. The highest BCUT2D eigenvalue weighted by Crippen LogP contribution is 2.20. The number of amides is 4. The first kappa shape index (κ1) is 29.1. The van der Waals surface area contributed by atoms with Gasteiger partial charge in [-0.15, -0.1) is 0 Å². The fourth-order valence-corrected chi connectivity index (χ4v) is 4.13. The lowest BCUT2D eigenvalue weighted by molar-refractivity contribution is 0.0911. The van der Waals surface area contributed by atoms with Crippen LogP contribution in [0, 0.1) is 0 Å². The van der Waals surface area contributed by atoms with E-state index in [0.717, 1.165) is 0 Å². The quantitative estimate of drug-likeness (QED) is 0.151. The number of carbonyl (C=O) groups excluding carboxylic acids is 4. The van der Waals surface area contributed by atoms with Crippen LogP contribution in [0.3, 0.4) is 0 Å². The first-order valence-electron chi connectivity index (χ1n) is 12.9. The smallest absolute Gasteiger partial charge is 0.287 e. The van der Waals surface area contributed by atoms with Crippen molar-refractivity contribution >= 4 is 23.6 Å². The Bertz CT molecular complexity index is 1700. The molecule has 0 saturated carbocycles. The van der Waals surface area contributed by atoms with E-state index in [1.807, 2.05) is 0 Å². The van der Waals surface area contributed by atoms with E-state index in [1.54, 1.807) is 0 Å². The second-order valence-corrected chi connectivity index (χ2v) is 9.16. The van der Waals surface area contributed by atoms with Crippen LogP contribution in [0.2, 0.25) is 0 Å². The third-order valence-corrected chi connectivity index (χ3v) is 6.29. The topological polar surface area (TPSA) is 266 Å². The number of rotatable bonds is 4. The fraction of sp³-hybridized carbons (Fsp3) is 0.231. The number of azide groups is 2. The van der Waals surface area contributed by atoms with Crippen molar-refractivity contribution in [2.75, 3.05) is 0 Å². The molecule has 4 aromatic rings. The molecule has 1 aliphatic rings. The van der Waals surface area contributed by atoms with Crippen molar-refractivity contribution in [3.8, 4) is 0 Å². The zero-order valence-corrected chi connectivity index (χ0v) is 22.7. The molecule has 0 saturated heterocycles. The summed E-state index contributed by atoms with van der Waals surface area (Å²) >= 11 is 0. The largest absolute Gasteiger partial charge is 0.454 e. The Labute approximate surface area is 246 Å². The molecule has 224 valence electrons. The van der Waals surface area contributed by atoms with Gasteiger partial charge in [0.15, 0.2) is 23.0 Å². The van der Waals surface area contributed by atoms with E-state index in [0.29, 0.717) is 11.1 Å². The van der Waals surface area contributed by atoms with Crippen LogP contribution >= 0.6 is 0 Å². The lowest BCUT2D eigenvalue weighted by Crippen LogP contribution is -2.24. The summed E-state index contributed by atoms with van der Waals surface area (Å²) in [6, 6.07) is 8.58. The van der Waals surface area contributed by atoms with Crippen LogP contribution in [0.4, 0.5) is 0 Å². The van der Waals surface area contributed by atoms with Gasteiger partial charge in [-0.3, -0.25) is 19.2 Å². The molecule has 18 nitrogen and oxygen atoms in total. The van der Waals surface area contributed by atoms with E-state index in [1.165, 1.54) is 36.4 Å².